The lowest BCUT2D eigenvalue weighted by molar-refractivity contribution is -0.141. The molecule has 1 aliphatic carbocycles. The summed E-state index contributed by atoms with van der Waals surface area (Å²) >= 11 is 0. The lowest BCUT2D eigenvalue weighted by atomic mass is 9.94. The molecular formula is C35H45N3O5S. The summed E-state index contributed by atoms with van der Waals surface area (Å²) in [6.07, 6.45) is 7.14. The summed E-state index contributed by atoms with van der Waals surface area (Å²) in [4.78, 5) is 29.7. The number of nitrogens with zero attached hydrogens (tertiary/aromatic N) is 2. The van der Waals surface area contributed by atoms with Crippen LogP contribution >= 0.6 is 0 Å². The van der Waals surface area contributed by atoms with Gasteiger partial charge in [-0.25, -0.2) is 8.42 Å². The largest absolute Gasteiger partial charge is 0.492 e. The third kappa shape index (κ3) is 9.58. The Balaban J connectivity index is 1.58. The fraction of sp³-hybridized carbons (Fsp3) is 0.429. The minimum absolute atomic E-state index is 0.0810. The molecule has 1 fully saturated rings. The Kier molecular flexibility index (Phi) is 12.2. The summed E-state index contributed by atoms with van der Waals surface area (Å²) in [7, 11) is -3.65. The van der Waals surface area contributed by atoms with Gasteiger partial charge in [0, 0.05) is 32.0 Å². The highest BCUT2D eigenvalue weighted by Gasteiger charge is 2.32. The van der Waals surface area contributed by atoms with Crippen molar-refractivity contribution in [1.82, 2.24) is 10.2 Å². The second kappa shape index (κ2) is 16.3. The molecule has 4 rings (SSSR count). The van der Waals surface area contributed by atoms with Crippen molar-refractivity contribution < 1.29 is 22.7 Å². The maximum Gasteiger partial charge on any atom is 0.243 e. The van der Waals surface area contributed by atoms with E-state index in [1.54, 1.807) is 29.2 Å². The van der Waals surface area contributed by atoms with Crippen LogP contribution in [0.25, 0.3) is 0 Å². The van der Waals surface area contributed by atoms with E-state index >= 15 is 0 Å². The number of amides is 2. The van der Waals surface area contributed by atoms with E-state index in [4.69, 9.17) is 4.74 Å². The predicted molar refractivity (Wildman–Crippen MR) is 175 cm³/mol. The first-order valence-corrected chi connectivity index (χ1v) is 17.5. The number of hydrogen-bond acceptors (Lipinski definition) is 5. The van der Waals surface area contributed by atoms with Gasteiger partial charge in [-0.05, 0) is 49.4 Å². The minimum atomic E-state index is -3.65. The molecule has 0 aliphatic heterocycles. The van der Waals surface area contributed by atoms with Crippen molar-refractivity contribution in [2.45, 2.75) is 76.9 Å². The molecule has 0 spiro atoms. The van der Waals surface area contributed by atoms with Crippen LogP contribution in [-0.2, 0) is 32.6 Å². The van der Waals surface area contributed by atoms with Gasteiger partial charge in [-0.3, -0.25) is 13.9 Å². The Bertz CT molecular complexity index is 1440. The lowest BCUT2D eigenvalue weighted by Gasteiger charge is -2.34. The van der Waals surface area contributed by atoms with Crippen LogP contribution in [0.4, 0.5) is 5.69 Å². The highest BCUT2D eigenvalue weighted by atomic mass is 32.2. The van der Waals surface area contributed by atoms with E-state index in [2.05, 4.69) is 5.32 Å². The summed E-state index contributed by atoms with van der Waals surface area (Å²) in [6.45, 7) is 2.62. The molecule has 0 saturated heterocycles. The molecule has 8 nitrogen and oxygen atoms in total. The number of para-hydroxylation sites is 2. The molecule has 0 bridgehead atoms. The topological polar surface area (TPSA) is 96.0 Å². The van der Waals surface area contributed by atoms with Gasteiger partial charge in [-0.15, -0.1) is 0 Å². The van der Waals surface area contributed by atoms with E-state index in [9.17, 15) is 18.0 Å². The van der Waals surface area contributed by atoms with Crippen molar-refractivity contribution in [3.8, 4) is 5.75 Å². The number of carbonyl (C=O) groups excluding carboxylic acids is 2. The first kappa shape index (κ1) is 33.1. The smallest absolute Gasteiger partial charge is 0.243 e. The second-order valence-corrected chi connectivity index (χ2v) is 13.3. The minimum Gasteiger partial charge on any atom is -0.492 e. The van der Waals surface area contributed by atoms with Crippen molar-refractivity contribution in [3.63, 3.8) is 0 Å². The van der Waals surface area contributed by atoms with Crippen LogP contribution in [0, 0.1) is 0 Å². The molecule has 1 N–H and O–H groups in total. The van der Waals surface area contributed by atoms with E-state index in [0.717, 1.165) is 43.1 Å². The van der Waals surface area contributed by atoms with E-state index in [1.807, 2.05) is 67.6 Å². The predicted octanol–water partition coefficient (Wildman–Crippen LogP) is 5.72. The van der Waals surface area contributed by atoms with E-state index in [0.29, 0.717) is 24.5 Å². The molecule has 0 unspecified atom stereocenters. The number of rotatable bonds is 15. The standard InChI is InChI=1S/C35H45N3O5S/c1-3-43-33-23-14-13-22-31(33)38(44(2,41)42)25-15-24-34(39)37(27-29-18-9-5-10-19-29)32(26-28-16-7-4-8-17-28)35(40)36-30-20-11-6-12-21-30/h4-5,7-10,13-14,16-19,22-23,30,32H,3,6,11-12,15,20-21,24-27H2,1-2H3,(H,36,40)/t32-/m1/s1. The Morgan fingerprint density at radius 3 is 2.14 bits per heavy atom. The summed E-state index contributed by atoms with van der Waals surface area (Å²) < 4.78 is 32.7. The fourth-order valence-corrected chi connectivity index (χ4v) is 6.77. The second-order valence-electron chi connectivity index (χ2n) is 11.4. The van der Waals surface area contributed by atoms with Gasteiger partial charge < -0.3 is 15.0 Å². The zero-order valence-corrected chi connectivity index (χ0v) is 26.7. The van der Waals surface area contributed by atoms with Crippen LogP contribution in [-0.4, -0.2) is 56.6 Å². The average molecular weight is 620 g/mol. The van der Waals surface area contributed by atoms with Crippen LogP contribution in [0.1, 0.15) is 63.0 Å². The van der Waals surface area contributed by atoms with Crippen LogP contribution in [0.2, 0.25) is 0 Å². The van der Waals surface area contributed by atoms with Gasteiger partial charge in [0.15, 0.2) is 0 Å². The van der Waals surface area contributed by atoms with Crippen molar-refractivity contribution in [2.24, 2.45) is 0 Å². The van der Waals surface area contributed by atoms with Gasteiger partial charge in [-0.1, -0.05) is 92.1 Å². The SMILES string of the molecule is CCOc1ccccc1N(CCCC(=O)N(Cc1ccccc1)[C@H](Cc1ccccc1)C(=O)NC1CCCCC1)S(C)(=O)=O. The fourth-order valence-electron chi connectivity index (χ4n) is 5.80. The lowest BCUT2D eigenvalue weighted by Crippen LogP contribution is -2.52. The molecule has 0 radical (unpaired) electrons. The van der Waals surface area contributed by atoms with Crippen LogP contribution in [0.3, 0.4) is 0 Å². The van der Waals surface area contributed by atoms with Gasteiger partial charge in [0.05, 0.1) is 18.6 Å². The highest BCUT2D eigenvalue weighted by molar-refractivity contribution is 7.92. The Morgan fingerprint density at radius 1 is 0.886 bits per heavy atom. The summed E-state index contributed by atoms with van der Waals surface area (Å²) in [5.74, 6) is 0.133. The third-order valence-corrected chi connectivity index (χ3v) is 9.18. The van der Waals surface area contributed by atoms with Gasteiger partial charge in [0.2, 0.25) is 21.8 Å². The molecular weight excluding hydrogens is 574 g/mol. The first-order valence-electron chi connectivity index (χ1n) is 15.6. The van der Waals surface area contributed by atoms with Gasteiger partial charge in [-0.2, -0.15) is 0 Å². The van der Waals surface area contributed by atoms with E-state index in [1.165, 1.54) is 10.7 Å². The molecule has 0 aromatic heterocycles. The molecule has 44 heavy (non-hydrogen) atoms. The number of anilines is 1. The zero-order chi connectivity index (χ0) is 31.4. The van der Waals surface area contributed by atoms with Crippen molar-refractivity contribution in [3.05, 3.63) is 96.1 Å². The van der Waals surface area contributed by atoms with Gasteiger partial charge in [0.1, 0.15) is 11.8 Å². The number of benzene rings is 3. The van der Waals surface area contributed by atoms with E-state index < -0.39 is 16.1 Å². The summed E-state index contributed by atoms with van der Waals surface area (Å²) in [5, 5.41) is 3.26. The molecule has 236 valence electrons. The maximum absolute atomic E-state index is 14.1. The number of hydrogen-bond donors (Lipinski definition) is 1. The number of ether oxygens (including phenoxy) is 1. The van der Waals surface area contributed by atoms with Gasteiger partial charge in [0.25, 0.3) is 0 Å². The monoisotopic (exact) mass is 619 g/mol. The number of sulfonamides is 1. The third-order valence-electron chi connectivity index (χ3n) is 8.00. The molecule has 0 heterocycles. The molecule has 1 saturated carbocycles. The summed E-state index contributed by atoms with van der Waals surface area (Å²) in [5.41, 5.74) is 2.34. The summed E-state index contributed by atoms with van der Waals surface area (Å²) in [6, 6.07) is 25.9. The molecule has 3 aromatic carbocycles. The van der Waals surface area contributed by atoms with Crippen LogP contribution in [0.5, 0.6) is 5.75 Å². The quantitative estimate of drug-likeness (QED) is 0.235. The molecule has 9 heteroatoms. The molecule has 1 aliphatic rings. The molecule has 2 amide bonds. The Labute approximate surface area is 262 Å². The zero-order valence-electron chi connectivity index (χ0n) is 25.9. The Morgan fingerprint density at radius 2 is 1.50 bits per heavy atom. The average Bonchev–Trinajstić information content (AvgIpc) is 3.02. The van der Waals surface area contributed by atoms with Crippen molar-refractivity contribution in [2.75, 3.05) is 23.7 Å². The number of nitrogens with one attached hydrogen (secondary N) is 1. The molecule has 3 aromatic rings. The Hall–Kier alpha value is -3.85. The van der Waals surface area contributed by atoms with Crippen LogP contribution < -0.4 is 14.4 Å². The van der Waals surface area contributed by atoms with Crippen LogP contribution in [0.15, 0.2) is 84.9 Å². The van der Waals surface area contributed by atoms with Crippen molar-refractivity contribution in [1.29, 1.82) is 0 Å². The maximum atomic E-state index is 14.1. The first-order chi connectivity index (χ1) is 21.3. The van der Waals surface area contributed by atoms with Gasteiger partial charge >= 0.3 is 0 Å². The van der Waals surface area contributed by atoms with E-state index in [-0.39, 0.29) is 43.8 Å². The number of carbonyl (C=O) groups is 2. The van der Waals surface area contributed by atoms with Crippen molar-refractivity contribution >= 4 is 27.5 Å². The highest BCUT2D eigenvalue weighted by Crippen LogP contribution is 2.30. The normalized spacial score (nSPS) is 14.4. The molecule has 1 atom stereocenters.